The summed E-state index contributed by atoms with van der Waals surface area (Å²) in [5.74, 6) is -0.144. The highest BCUT2D eigenvalue weighted by atomic mass is 79.9. The molecular weight excluding hydrogens is 364 g/mol. The lowest BCUT2D eigenvalue weighted by atomic mass is 9.91. The first-order valence-corrected chi connectivity index (χ1v) is 9.37. The van der Waals surface area contributed by atoms with Crippen molar-refractivity contribution in [3.05, 3.63) is 34.3 Å². The monoisotopic (exact) mass is 386 g/mol. The number of amides is 1. The molecule has 122 valence electrons. The minimum atomic E-state index is -1.04. The van der Waals surface area contributed by atoms with Crippen molar-refractivity contribution in [3.8, 4) is 0 Å². The first-order valence-electron chi connectivity index (χ1n) is 7.36. The maximum atomic E-state index is 12.6. The Kier molecular flexibility index (Phi) is 5.94. The molecule has 1 atom stereocenters. The van der Waals surface area contributed by atoms with Crippen molar-refractivity contribution in [1.29, 1.82) is 0 Å². The first kappa shape index (κ1) is 17.8. The smallest absolute Gasteiger partial charge is 0.244 e. The molecular formula is C16H23BrN2O2S. The maximum absolute atomic E-state index is 12.6. The number of thioether (sulfide) groups is 1. The van der Waals surface area contributed by atoms with Gasteiger partial charge < -0.3 is 15.8 Å². The molecule has 0 aliphatic carbocycles. The zero-order valence-corrected chi connectivity index (χ0v) is 15.4. The van der Waals surface area contributed by atoms with E-state index in [1.54, 1.807) is 18.7 Å². The normalized spacial score (nSPS) is 20.2. The third-order valence-corrected chi connectivity index (χ3v) is 6.27. The Morgan fingerprint density at radius 1 is 1.41 bits per heavy atom. The third-order valence-electron chi connectivity index (χ3n) is 4.32. The highest BCUT2D eigenvalue weighted by Crippen LogP contribution is 2.33. The van der Waals surface area contributed by atoms with Gasteiger partial charge >= 0.3 is 0 Å². The van der Waals surface area contributed by atoms with Crippen molar-refractivity contribution in [1.82, 2.24) is 5.32 Å². The van der Waals surface area contributed by atoms with Crippen molar-refractivity contribution < 1.29 is 9.53 Å². The number of carbonyl (C=O) groups is 1. The highest BCUT2D eigenvalue weighted by Gasteiger charge is 2.35. The summed E-state index contributed by atoms with van der Waals surface area (Å²) in [7, 11) is 0. The van der Waals surface area contributed by atoms with Crippen LogP contribution in [0.25, 0.3) is 0 Å². The second kappa shape index (κ2) is 7.34. The molecule has 1 amide bonds. The Morgan fingerprint density at radius 2 is 2.00 bits per heavy atom. The maximum Gasteiger partial charge on any atom is 0.244 e. The average molecular weight is 387 g/mol. The van der Waals surface area contributed by atoms with Gasteiger partial charge in [-0.25, -0.2) is 0 Å². The molecule has 0 bridgehead atoms. The summed E-state index contributed by atoms with van der Waals surface area (Å²) < 4.78 is 6.45. The standard InChI is InChI=1S/C16H23BrN2O2S/c1-15(18,12-3-5-13(17)6-4-12)14(20)19-11-16(22-2)7-9-21-10-8-16/h3-6H,7-11,18H2,1-2H3,(H,19,20). The van der Waals surface area contributed by atoms with E-state index in [1.165, 1.54) is 0 Å². The average Bonchev–Trinajstić information content (AvgIpc) is 2.54. The van der Waals surface area contributed by atoms with Crippen LogP contribution < -0.4 is 11.1 Å². The second-order valence-corrected chi connectivity index (χ2v) is 8.08. The van der Waals surface area contributed by atoms with Gasteiger partial charge in [-0.3, -0.25) is 4.79 Å². The van der Waals surface area contributed by atoms with Gasteiger partial charge in [-0.2, -0.15) is 11.8 Å². The Balaban J connectivity index is 2.02. The molecule has 1 aromatic carbocycles. The molecule has 1 aliphatic heterocycles. The number of hydrogen-bond donors (Lipinski definition) is 2. The van der Waals surface area contributed by atoms with Crippen LogP contribution in [0.4, 0.5) is 0 Å². The number of nitrogens with two attached hydrogens (primary N) is 1. The van der Waals surface area contributed by atoms with E-state index in [0.717, 1.165) is 36.1 Å². The summed E-state index contributed by atoms with van der Waals surface area (Å²) in [5.41, 5.74) is 6.04. The van der Waals surface area contributed by atoms with E-state index >= 15 is 0 Å². The van der Waals surface area contributed by atoms with E-state index < -0.39 is 5.54 Å². The van der Waals surface area contributed by atoms with Crippen LogP contribution in [-0.2, 0) is 15.1 Å². The number of halogens is 1. The number of carbonyl (C=O) groups excluding carboxylic acids is 1. The highest BCUT2D eigenvalue weighted by molar-refractivity contribution is 9.10. The number of hydrogen-bond acceptors (Lipinski definition) is 4. The molecule has 1 heterocycles. The quantitative estimate of drug-likeness (QED) is 0.816. The Hall–Kier alpha value is -0.560. The van der Waals surface area contributed by atoms with E-state index in [-0.39, 0.29) is 10.7 Å². The van der Waals surface area contributed by atoms with Crippen LogP contribution in [0.1, 0.15) is 25.3 Å². The predicted octanol–water partition coefficient (Wildman–Crippen LogP) is 2.65. The van der Waals surface area contributed by atoms with Crippen molar-refractivity contribution in [2.45, 2.75) is 30.1 Å². The van der Waals surface area contributed by atoms with E-state index in [1.807, 2.05) is 24.3 Å². The van der Waals surface area contributed by atoms with Crippen LogP contribution >= 0.6 is 27.7 Å². The summed E-state index contributed by atoms with van der Waals surface area (Å²) in [6.07, 6.45) is 4.00. The molecule has 0 aromatic heterocycles. The van der Waals surface area contributed by atoms with Gasteiger partial charge in [-0.05, 0) is 43.7 Å². The fourth-order valence-electron chi connectivity index (χ4n) is 2.55. The van der Waals surface area contributed by atoms with Crippen LogP contribution in [0.3, 0.4) is 0 Å². The van der Waals surface area contributed by atoms with Gasteiger partial charge in [0.25, 0.3) is 0 Å². The van der Waals surface area contributed by atoms with Crippen LogP contribution in [0.15, 0.2) is 28.7 Å². The van der Waals surface area contributed by atoms with Crippen molar-refractivity contribution in [2.24, 2.45) is 5.73 Å². The zero-order valence-electron chi connectivity index (χ0n) is 13.0. The van der Waals surface area contributed by atoms with Gasteiger partial charge in [0.1, 0.15) is 5.54 Å². The summed E-state index contributed by atoms with van der Waals surface area (Å²) in [4.78, 5) is 12.6. The predicted molar refractivity (Wildman–Crippen MR) is 95.0 cm³/mol. The van der Waals surface area contributed by atoms with E-state index in [2.05, 4.69) is 27.5 Å². The molecule has 1 saturated heterocycles. The van der Waals surface area contributed by atoms with Gasteiger partial charge in [0.15, 0.2) is 0 Å². The lowest BCUT2D eigenvalue weighted by Crippen LogP contribution is -2.53. The molecule has 1 unspecified atom stereocenters. The Bertz CT molecular complexity index is 513. The lowest BCUT2D eigenvalue weighted by molar-refractivity contribution is -0.126. The zero-order chi connectivity index (χ0) is 16.2. The fourth-order valence-corrected chi connectivity index (χ4v) is 3.60. The third kappa shape index (κ3) is 4.04. The largest absolute Gasteiger partial charge is 0.381 e. The molecule has 1 aromatic rings. The molecule has 4 nitrogen and oxygen atoms in total. The van der Waals surface area contributed by atoms with Gasteiger partial charge in [-0.1, -0.05) is 28.1 Å². The molecule has 0 saturated carbocycles. The second-order valence-electron chi connectivity index (χ2n) is 5.89. The summed E-state index contributed by atoms with van der Waals surface area (Å²) in [6.45, 7) is 3.88. The van der Waals surface area contributed by atoms with Crippen molar-refractivity contribution in [2.75, 3.05) is 26.0 Å². The number of rotatable bonds is 5. The number of ether oxygens (including phenoxy) is 1. The molecule has 22 heavy (non-hydrogen) atoms. The van der Waals surface area contributed by atoms with Crippen molar-refractivity contribution in [3.63, 3.8) is 0 Å². The van der Waals surface area contributed by atoms with Crippen LogP contribution in [0.2, 0.25) is 0 Å². The molecule has 3 N–H and O–H groups in total. The Labute approximate surface area is 144 Å². The first-order chi connectivity index (χ1) is 10.4. The molecule has 1 aliphatic rings. The minimum Gasteiger partial charge on any atom is -0.381 e. The Morgan fingerprint density at radius 3 is 2.55 bits per heavy atom. The van der Waals surface area contributed by atoms with Crippen LogP contribution in [-0.4, -0.2) is 36.7 Å². The number of nitrogens with one attached hydrogen (secondary N) is 1. The van der Waals surface area contributed by atoms with Gasteiger partial charge in [0, 0.05) is 29.0 Å². The lowest BCUT2D eigenvalue weighted by Gasteiger charge is -2.36. The SMILES string of the molecule is CSC1(CNC(=O)C(C)(N)c2ccc(Br)cc2)CCOCC1. The summed E-state index contributed by atoms with van der Waals surface area (Å²) >= 11 is 5.19. The van der Waals surface area contributed by atoms with E-state index in [9.17, 15) is 4.79 Å². The van der Waals surface area contributed by atoms with Gasteiger partial charge in [0.05, 0.1) is 0 Å². The molecule has 1 fully saturated rings. The minimum absolute atomic E-state index is 0.0592. The topological polar surface area (TPSA) is 64.4 Å². The summed E-state index contributed by atoms with van der Waals surface area (Å²) in [6, 6.07) is 7.55. The van der Waals surface area contributed by atoms with E-state index in [0.29, 0.717) is 6.54 Å². The molecule has 0 radical (unpaired) electrons. The molecule has 6 heteroatoms. The van der Waals surface area contributed by atoms with Crippen LogP contribution in [0.5, 0.6) is 0 Å². The summed E-state index contributed by atoms with van der Waals surface area (Å²) in [5, 5.41) is 3.05. The number of benzene rings is 1. The molecule has 2 rings (SSSR count). The van der Waals surface area contributed by atoms with Gasteiger partial charge in [-0.15, -0.1) is 0 Å². The van der Waals surface area contributed by atoms with E-state index in [4.69, 9.17) is 10.5 Å². The van der Waals surface area contributed by atoms with Gasteiger partial charge in [0.2, 0.25) is 5.91 Å². The fraction of sp³-hybridized carbons (Fsp3) is 0.562. The van der Waals surface area contributed by atoms with Crippen LogP contribution in [0, 0.1) is 0 Å². The molecule has 0 spiro atoms. The van der Waals surface area contributed by atoms with Crippen molar-refractivity contribution >= 4 is 33.6 Å².